The minimum Gasteiger partial charge on any atom is -0.383 e. The van der Waals surface area contributed by atoms with Crippen LogP contribution in [0.1, 0.15) is 12.0 Å². The average Bonchev–Trinajstić information content (AvgIpc) is 3.21. The average molecular weight is 476 g/mol. The number of H-pyrrole nitrogens is 1. The van der Waals surface area contributed by atoms with Crippen LogP contribution < -0.4 is 16.4 Å². The van der Waals surface area contributed by atoms with E-state index in [0.29, 0.717) is 52.6 Å². The molecular weight excluding hydrogens is 453 g/mol. The van der Waals surface area contributed by atoms with Crippen molar-refractivity contribution in [2.24, 2.45) is 11.7 Å². The molecule has 9 heteroatoms. The lowest BCUT2D eigenvalue weighted by molar-refractivity contribution is 0.424. The first kappa shape index (κ1) is 22.1. The third-order valence-corrected chi connectivity index (χ3v) is 6.50. The van der Waals surface area contributed by atoms with E-state index in [2.05, 4.69) is 20.9 Å². The maximum Gasteiger partial charge on any atom is 0.144 e. The fourth-order valence-corrected chi connectivity index (χ4v) is 4.75. The van der Waals surface area contributed by atoms with Crippen LogP contribution in [0, 0.1) is 30.0 Å². The summed E-state index contributed by atoms with van der Waals surface area (Å²) in [6.45, 7) is 2.87. The summed E-state index contributed by atoms with van der Waals surface area (Å²) in [7, 11) is 0. The number of piperidine rings is 1. The van der Waals surface area contributed by atoms with Gasteiger partial charge >= 0.3 is 0 Å². The summed E-state index contributed by atoms with van der Waals surface area (Å²) in [6, 6.07) is 12.4. The van der Waals surface area contributed by atoms with Gasteiger partial charge in [-0.3, -0.25) is 0 Å². The van der Waals surface area contributed by atoms with Crippen LogP contribution in [0.15, 0.2) is 42.6 Å². The first-order chi connectivity index (χ1) is 16.3. The molecule has 5 rings (SSSR count). The lowest BCUT2D eigenvalue weighted by atomic mass is 9.91. The van der Waals surface area contributed by atoms with Crippen LogP contribution in [0.2, 0.25) is 5.02 Å². The van der Waals surface area contributed by atoms with Crippen LogP contribution in [-0.2, 0) is 0 Å². The van der Waals surface area contributed by atoms with Gasteiger partial charge in [0, 0.05) is 35.9 Å². The van der Waals surface area contributed by atoms with Gasteiger partial charge in [0.2, 0.25) is 0 Å². The first-order valence-electron chi connectivity index (χ1n) is 11.0. The highest BCUT2D eigenvalue weighted by atomic mass is 35.5. The van der Waals surface area contributed by atoms with Crippen molar-refractivity contribution < 1.29 is 4.39 Å². The molecule has 0 radical (unpaired) electrons. The Morgan fingerprint density at radius 1 is 1.26 bits per heavy atom. The highest BCUT2D eigenvalue weighted by molar-refractivity contribution is 6.31. The fraction of sp³-hybridized carbons (Fsp3) is 0.240. The molecule has 1 saturated heterocycles. The fourth-order valence-electron chi connectivity index (χ4n) is 4.59. The molecule has 0 saturated carbocycles. The number of nitrogens with zero attached hydrogens (tertiary/aromatic N) is 4. The molecule has 34 heavy (non-hydrogen) atoms. The zero-order valence-electron chi connectivity index (χ0n) is 18.5. The molecule has 2 atom stereocenters. The van der Waals surface area contributed by atoms with Crippen molar-refractivity contribution in [2.75, 3.05) is 23.7 Å². The van der Waals surface area contributed by atoms with E-state index in [1.165, 1.54) is 12.1 Å². The normalized spacial score (nSPS) is 18.3. The minimum absolute atomic E-state index is 0.211. The second-order valence-corrected chi connectivity index (χ2v) is 9.12. The highest BCUT2D eigenvalue weighted by Gasteiger charge is 2.31. The number of aromatic amines is 1. The molecule has 2 aromatic heterocycles. The van der Waals surface area contributed by atoms with E-state index in [1.54, 1.807) is 18.3 Å². The Kier molecular flexibility index (Phi) is 5.60. The number of nitriles is 1. The van der Waals surface area contributed by atoms with Crippen molar-refractivity contribution >= 4 is 34.1 Å². The molecule has 0 amide bonds. The number of aromatic nitrogens is 3. The molecule has 3 heterocycles. The number of pyridine rings is 1. The van der Waals surface area contributed by atoms with E-state index >= 15 is 0 Å². The highest BCUT2D eigenvalue weighted by Crippen LogP contribution is 2.43. The molecule has 0 aliphatic carbocycles. The quantitative estimate of drug-likeness (QED) is 0.396. The predicted molar refractivity (Wildman–Crippen MR) is 133 cm³/mol. The first-order valence-corrected chi connectivity index (χ1v) is 11.3. The number of halogens is 2. The van der Waals surface area contributed by atoms with Gasteiger partial charge in [-0.15, -0.1) is 0 Å². The second kappa shape index (κ2) is 8.60. The second-order valence-electron chi connectivity index (χ2n) is 8.68. The van der Waals surface area contributed by atoms with Crippen molar-refractivity contribution in [3.05, 3.63) is 59.0 Å². The number of nitrogen functional groups attached to an aromatic ring is 1. The number of fused-ring (bicyclic) bond motifs is 1. The smallest absolute Gasteiger partial charge is 0.144 e. The standard InChI is InChI=1S/C25H23ClFN7/c1-13-6-14(8-17(27)7-13)18-11-31-24(30)22(23(18)34-5-4-19(29)15(10-28)12-34)25-32-20-3-2-16(26)9-21(20)33-25/h2-3,6-9,11,15,19H,4-5,12,29H2,1H3,(H2,30,31)(H,32,33). The number of imidazole rings is 1. The van der Waals surface area contributed by atoms with E-state index in [4.69, 9.17) is 28.1 Å². The van der Waals surface area contributed by atoms with Crippen LogP contribution in [-0.4, -0.2) is 34.1 Å². The number of aryl methyl sites for hydroxylation is 1. The molecule has 2 aromatic carbocycles. The van der Waals surface area contributed by atoms with Crippen LogP contribution in [0.3, 0.4) is 0 Å². The summed E-state index contributed by atoms with van der Waals surface area (Å²) in [6.07, 6.45) is 2.29. The van der Waals surface area contributed by atoms with Crippen molar-refractivity contribution in [3.8, 4) is 28.6 Å². The van der Waals surface area contributed by atoms with Crippen LogP contribution >= 0.6 is 11.6 Å². The van der Waals surface area contributed by atoms with E-state index < -0.39 is 0 Å². The maximum absolute atomic E-state index is 14.4. The van der Waals surface area contributed by atoms with Gasteiger partial charge in [0.25, 0.3) is 0 Å². The summed E-state index contributed by atoms with van der Waals surface area (Å²) in [5, 5.41) is 10.2. The Morgan fingerprint density at radius 2 is 2.09 bits per heavy atom. The number of anilines is 2. The SMILES string of the molecule is Cc1cc(F)cc(-c2cnc(N)c(-c3nc4cc(Cl)ccc4[nH]3)c2N2CCC(N)C(C#N)C2)c1. The monoisotopic (exact) mass is 475 g/mol. The molecule has 172 valence electrons. The Bertz CT molecular complexity index is 1420. The van der Waals surface area contributed by atoms with Gasteiger partial charge in [-0.1, -0.05) is 17.7 Å². The summed E-state index contributed by atoms with van der Waals surface area (Å²) in [5.41, 5.74) is 17.6. The summed E-state index contributed by atoms with van der Waals surface area (Å²) >= 11 is 6.16. The number of nitrogens with two attached hydrogens (primary N) is 2. The van der Waals surface area contributed by atoms with Gasteiger partial charge in [-0.2, -0.15) is 5.26 Å². The molecule has 7 nitrogen and oxygen atoms in total. The van der Waals surface area contributed by atoms with Crippen LogP contribution in [0.25, 0.3) is 33.5 Å². The topological polar surface area (TPSA) is 121 Å². The number of hydrogen-bond donors (Lipinski definition) is 3. The zero-order chi connectivity index (χ0) is 24.0. The largest absolute Gasteiger partial charge is 0.383 e. The lowest BCUT2D eigenvalue weighted by Gasteiger charge is -2.37. The van der Waals surface area contributed by atoms with Gasteiger partial charge < -0.3 is 21.4 Å². The van der Waals surface area contributed by atoms with E-state index in [9.17, 15) is 9.65 Å². The summed E-state index contributed by atoms with van der Waals surface area (Å²) in [4.78, 5) is 14.6. The van der Waals surface area contributed by atoms with Crippen molar-refractivity contribution in [1.29, 1.82) is 5.26 Å². The zero-order valence-corrected chi connectivity index (χ0v) is 19.3. The van der Waals surface area contributed by atoms with Gasteiger partial charge in [0.05, 0.1) is 34.3 Å². The number of benzene rings is 2. The molecule has 0 spiro atoms. The molecular formula is C25H23ClFN7. The summed E-state index contributed by atoms with van der Waals surface area (Å²) in [5.74, 6) is 0.108. The van der Waals surface area contributed by atoms with Crippen molar-refractivity contribution in [2.45, 2.75) is 19.4 Å². The van der Waals surface area contributed by atoms with Crippen molar-refractivity contribution in [1.82, 2.24) is 15.0 Å². The molecule has 2 unspecified atom stereocenters. The Labute approximate surface area is 201 Å². The Hall–Kier alpha value is -3.67. The third kappa shape index (κ3) is 3.94. The Balaban J connectivity index is 1.77. The Morgan fingerprint density at radius 3 is 2.85 bits per heavy atom. The van der Waals surface area contributed by atoms with Crippen LogP contribution in [0.5, 0.6) is 0 Å². The molecule has 4 aromatic rings. The molecule has 1 aliphatic heterocycles. The maximum atomic E-state index is 14.4. The predicted octanol–water partition coefficient (Wildman–Crippen LogP) is 4.65. The number of hydrogen-bond acceptors (Lipinski definition) is 6. The van der Waals surface area contributed by atoms with Gasteiger partial charge in [0.15, 0.2) is 0 Å². The van der Waals surface area contributed by atoms with Crippen LogP contribution in [0.4, 0.5) is 15.9 Å². The molecule has 5 N–H and O–H groups in total. The molecule has 1 fully saturated rings. The van der Waals surface area contributed by atoms with Gasteiger partial charge in [-0.05, 0) is 54.8 Å². The molecule has 1 aliphatic rings. The molecule has 0 bridgehead atoms. The van der Waals surface area contributed by atoms with Gasteiger partial charge in [0.1, 0.15) is 17.5 Å². The minimum atomic E-state index is -0.354. The number of nitrogens with one attached hydrogen (secondary N) is 1. The number of rotatable bonds is 3. The third-order valence-electron chi connectivity index (χ3n) is 6.26. The van der Waals surface area contributed by atoms with E-state index in [-0.39, 0.29) is 23.6 Å². The lowest BCUT2D eigenvalue weighted by Crippen LogP contribution is -2.47. The van der Waals surface area contributed by atoms with E-state index in [1.807, 2.05) is 19.1 Å². The van der Waals surface area contributed by atoms with E-state index in [0.717, 1.165) is 16.8 Å². The van der Waals surface area contributed by atoms with Crippen molar-refractivity contribution in [3.63, 3.8) is 0 Å². The summed E-state index contributed by atoms with van der Waals surface area (Å²) < 4.78 is 14.4. The van der Waals surface area contributed by atoms with Gasteiger partial charge in [-0.25, -0.2) is 14.4 Å².